The van der Waals surface area contributed by atoms with Crippen molar-refractivity contribution < 1.29 is 26.2 Å². The average Bonchev–Trinajstić information content (AvgIpc) is 3.43. The molecule has 1 aliphatic rings. The van der Waals surface area contributed by atoms with E-state index >= 15 is 0 Å². The topological polar surface area (TPSA) is 4.93 Å². The van der Waals surface area contributed by atoms with Crippen molar-refractivity contribution in [2.24, 2.45) is 0 Å². The van der Waals surface area contributed by atoms with Crippen molar-refractivity contribution in [1.29, 1.82) is 0 Å². The largest absolute Gasteiger partial charge is 2.00 e. The van der Waals surface area contributed by atoms with E-state index in [-0.39, 0.29) is 26.2 Å². The second-order valence-electron chi connectivity index (χ2n) is 8.22. The summed E-state index contributed by atoms with van der Waals surface area (Å²) in [4.78, 5) is 0. The minimum absolute atomic E-state index is 0. The van der Waals surface area contributed by atoms with Crippen LogP contribution in [-0.2, 0) is 39.0 Å². The molecule has 0 atom stereocenters. The second kappa shape index (κ2) is 8.90. The molecule has 5 aromatic rings. The van der Waals surface area contributed by atoms with Crippen LogP contribution in [-0.4, -0.2) is 4.57 Å². The van der Waals surface area contributed by atoms with Gasteiger partial charge in [0.2, 0.25) is 0 Å². The number of benzene rings is 2. The molecule has 6 rings (SSSR count). The summed E-state index contributed by atoms with van der Waals surface area (Å²) in [7, 11) is 0. The number of hydrogen-bond donors (Lipinski definition) is 0. The maximum absolute atomic E-state index is 2.50. The first-order chi connectivity index (χ1) is 14.2. The van der Waals surface area contributed by atoms with Crippen LogP contribution in [0.3, 0.4) is 0 Å². The van der Waals surface area contributed by atoms with E-state index in [4.69, 9.17) is 0 Å². The van der Waals surface area contributed by atoms with Gasteiger partial charge in [0.05, 0.1) is 5.52 Å². The van der Waals surface area contributed by atoms with E-state index in [0.29, 0.717) is 0 Å². The second-order valence-corrected chi connectivity index (χ2v) is 8.22. The number of hydrogen-bond acceptors (Lipinski definition) is 0. The molecule has 0 aliphatic heterocycles. The van der Waals surface area contributed by atoms with E-state index in [0.717, 1.165) is 0 Å². The van der Waals surface area contributed by atoms with Crippen LogP contribution in [0.4, 0.5) is 0 Å². The summed E-state index contributed by atoms with van der Waals surface area (Å²) in [6.07, 6.45) is 5.06. The third-order valence-electron chi connectivity index (χ3n) is 6.35. The fourth-order valence-electron chi connectivity index (χ4n) is 4.65. The summed E-state index contributed by atoms with van der Waals surface area (Å²) in [5.41, 5.74) is 8.57. The van der Waals surface area contributed by atoms with Gasteiger partial charge in [-0.25, -0.2) is 12.1 Å². The van der Waals surface area contributed by atoms with Crippen LogP contribution >= 0.6 is 0 Å². The summed E-state index contributed by atoms with van der Waals surface area (Å²) in [5.74, 6) is 0. The molecule has 30 heavy (non-hydrogen) atoms. The Morgan fingerprint density at radius 1 is 0.900 bits per heavy atom. The molecule has 4 aromatic carbocycles. The van der Waals surface area contributed by atoms with Gasteiger partial charge in [0.1, 0.15) is 0 Å². The summed E-state index contributed by atoms with van der Waals surface area (Å²) in [5, 5.41) is 4.11. The van der Waals surface area contributed by atoms with E-state index < -0.39 is 0 Å². The molecule has 0 fully saturated rings. The summed E-state index contributed by atoms with van der Waals surface area (Å²) in [6.45, 7) is 4.24. The van der Waals surface area contributed by atoms with Gasteiger partial charge in [0.25, 0.3) is 0 Å². The minimum Gasteiger partial charge on any atom is -0.332 e. The van der Waals surface area contributed by atoms with Crippen LogP contribution in [0.15, 0.2) is 78.9 Å². The Labute approximate surface area is 198 Å². The number of fused-ring (bicyclic) bond motifs is 4. The van der Waals surface area contributed by atoms with Crippen molar-refractivity contribution in [2.75, 3.05) is 0 Å². The van der Waals surface area contributed by atoms with Crippen LogP contribution in [0.5, 0.6) is 0 Å². The van der Waals surface area contributed by atoms with Gasteiger partial charge in [-0.05, 0) is 43.0 Å². The Balaban J connectivity index is 0.000000235. The van der Waals surface area contributed by atoms with Gasteiger partial charge in [-0.1, -0.05) is 38.1 Å². The predicted molar refractivity (Wildman–Crippen MR) is 125 cm³/mol. The molecule has 0 bridgehead atoms. The molecule has 0 spiro atoms. The van der Waals surface area contributed by atoms with Crippen molar-refractivity contribution in [3.8, 4) is 5.69 Å². The zero-order chi connectivity index (χ0) is 19.8. The van der Waals surface area contributed by atoms with E-state index in [1.807, 2.05) is 0 Å². The molecule has 0 N–H and O–H groups in total. The first kappa shape index (κ1) is 21.1. The first-order valence-electron chi connectivity index (χ1n) is 10.7. The van der Waals surface area contributed by atoms with Gasteiger partial charge in [-0.3, -0.25) is 0 Å². The summed E-state index contributed by atoms with van der Waals surface area (Å²) in [6, 6.07) is 28.5. The Kier molecular flexibility index (Phi) is 6.25. The van der Waals surface area contributed by atoms with Crippen molar-refractivity contribution >= 4 is 21.7 Å². The van der Waals surface area contributed by atoms with E-state index in [2.05, 4.69) is 97.3 Å². The Morgan fingerprint density at radius 3 is 2.40 bits per heavy atom. The monoisotopic (exact) mass is 467 g/mol. The minimum atomic E-state index is 0. The zero-order valence-electron chi connectivity index (χ0n) is 17.8. The maximum atomic E-state index is 2.50. The number of rotatable bonds is 1. The third kappa shape index (κ3) is 3.79. The van der Waals surface area contributed by atoms with Crippen molar-refractivity contribution in [2.45, 2.75) is 39.5 Å². The normalized spacial score (nSPS) is 12.9. The van der Waals surface area contributed by atoms with Crippen molar-refractivity contribution in [1.82, 2.24) is 4.57 Å². The van der Waals surface area contributed by atoms with Gasteiger partial charge in [-0.2, -0.15) is 17.2 Å². The van der Waals surface area contributed by atoms with Gasteiger partial charge in [0, 0.05) is 11.1 Å². The van der Waals surface area contributed by atoms with E-state index in [1.165, 1.54) is 69.9 Å². The number of nitrogens with zero attached hydrogens (tertiary/aromatic N) is 1. The molecule has 0 saturated carbocycles. The zero-order valence-corrected chi connectivity index (χ0v) is 20.2. The fraction of sp³-hybridized carbons (Fsp3) is 0.214. The molecular weight excluding hydrogens is 442 g/mol. The van der Waals surface area contributed by atoms with E-state index in [9.17, 15) is 0 Å². The van der Waals surface area contributed by atoms with E-state index in [1.54, 1.807) is 5.56 Å². The number of aromatic nitrogens is 1. The predicted octanol–water partition coefficient (Wildman–Crippen LogP) is 7.40. The van der Waals surface area contributed by atoms with Crippen LogP contribution in [0.1, 0.15) is 35.2 Å². The van der Waals surface area contributed by atoms with Crippen molar-refractivity contribution in [3.05, 3.63) is 101 Å². The fourth-order valence-corrected chi connectivity index (χ4v) is 4.65. The molecular formula is C28H27NZr. The molecule has 1 nitrogen and oxygen atoms in total. The van der Waals surface area contributed by atoms with Crippen LogP contribution in [0.25, 0.3) is 27.4 Å². The molecule has 1 aliphatic carbocycles. The van der Waals surface area contributed by atoms with Crippen LogP contribution in [0, 0.1) is 13.8 Å². The SMILES string of the molecule is Cc1ccc[c-]1C.[Zr+2].c1ccc2[cH-]c(-n3c4c(c5ccccc53)CCCC4)cc2c1. The molecule has 148 valence electrons. The maximum Gasteiger partial charge on any atom is 2.00 e. The number of para-hydroxylation sites is 1. The van der Waals surface area contributed by atoms with Crippen molar-refractivity contribution in [3.63, 3.8) is 0 Å². The third-order valence-corrected chi connectivity index (χ3v) is 6.35. The quantitative estimate of drug-likeness (QED) is 0.226. The van der Waals surface area contributed by atoms with Gasteiger partial charge < -0.3 is 4.57 Å². The van der Waals surface area contributed by atoms with Crippen LogP contribution in [0.2, 0.25) is 0 Å². The Morgan fingerprint density at radius 2 is 1.67 bits per heavy atom. The Bertz CT molecular complexity index is 1230. The summed E-state index contributed by atoms with van der Waals surface area (Å²) < 4.78 is 2.50. The molecule has 0 saturated heterocycles. The Hall–Kier alpha value is -2.18. The van der Waals surface area contributed by atoms with Gasteiger partial charge in [-0.15, -0.1) is 41.1 Å². The standard InChI is InChI=1S/C21H18N.C7H9.Zr/c1-2-8-16-14-17(13-15(16)7-1)22-20-11-5-3-9-18(20)19-10-4-6-12-21(19)22;1-6-4-3-5-7(6)2;/h1-3,5,7-9,11,13-14H,4,6,10,12H2;3-5H,1-2H3;/q2*-1;+2. The molecule has 1 aromatic heterocycles. The average molecular weight is 469 g/mol. The van der Waals surface area contributed by atoms with Gasteiger partial charge >= 0.3 is 26.2 Å². The molecule has 2 heteroatoms. The molecule has 0 unspecified atom stereocenters. The van der Waals surface area contributed by atoms with Gasteiger partial charge in [0.15, 0.2) is 0 Å². The first-order valence-corrected chi connectivity index (χ1v) is 10.7. The molecule has 1 heterocycles. The molecule has 0 radical (unpaired) electrons. The molecule has 0 amide bonds. The number of aryl methyl sites for hydroxylation is 3. The summed E-state index contributed by atoms with van der Waals surface area (Å²) >= 11 is 0. The van der Waals surface area contributed by atoms with Crippen LogP contribution < -0.4 is 0 Å². The smallest absolute Gasteiger partial charge is 0.332 e.